The molecule has 2 N–H and O–H groups in total. The first-order chi connectivity index (χ1) is 8.06. The molecule has 5 heteroatoms. The first-order valence-electron chi connectivity index (χ1n) is 5.66. The maximum Gasteiger partial charge on any atom is 0.326 e. The van der Waals surface area contributed by atoms with Crippen LogP contribution in [-0.2, 0) is 4.79 Å². The van der Waals surface area contributed by atoms with Crippen LogP contribution >= 0.6 is 15.9 Å². The molecule has 0 aliphatic rings. The molecular weight excluding hydrogens is 284 g/mol. The molecule has 1 aromatic heterocycles. The number of anilines is 1. The van der Waals surface area contributed by atoms with Crippen LogP contribution in [0.5, 0.6) is 0 Å². The Balaban J connectivity index is 2.78. The number of carbonyl (C=O) groups is 1. The van der Waals surface area contributed by atoms with Gasteiger partial charge in [0.05, 0.1) is 4.47 Å². The van der Waals surface area contributed by atoms with Crippen molar-refractivity contribution in [3.8, 4) is 0 Å². The van der Waals surface area contributed by atoms with Crippen LogP contribution in [0.2, 0.25) is 0 Å². The monoisotopic (exact) mass is 300 g/mol. The van der Waals surface area contributed by atoms with Crippen LogP contribution < -0.4 is 5.32 Å². The number of halogens is 1. The van der Waals surface area contributed by atoms with Crippen molar-refractivity contribution >= 4 is 27.7 Å². The number of aliphatic carboxylic acids is 1. The predicted octanol–water partition coefficient (Wildman–Crippen LogP) is 3.21. The molecular formula is C12H17BrN2O2. The standard InChI is InChI=1S/C12H17BrN2O2/c1-3-4-5-9(12(16)17)15-11-10(13)8(2)6-7-14-11/h6-7,9H,3-5H2,1-2H3,(H,14,15)(H,16,17). The van der Waals surface area contributed by atoms with E-state index in [9.17, 15) is 4.79 Å². The zero-order valence-corrected chi connectivity index (χ0v) is 11.6. The van der Waals surface area contributed by atoms with E-state index in [4.69, 9.17) is 5.11 Å². The Labute approximate surface area is 110 Å². The minimum absolute atomic E-state index is 0.583. The van der Waals surface area contributed by atoms with Crippen molar-refractivity contribution in [2.45, 2.75) is 39.2 Å². The number of rotatable bonds is 6. The van der Waals surface area contributed by atoms with Gasteiger partial charge in [-0.2, -0.15) is 0 Å². The molecule has 1 heterocycles. The molecule has 0 aliphatic carbocycles. The van der Waals surface area contributed by atoms with Crippen LogP contribution in [0.4, 0.5) is 5.82 Å². The highest BCUT2D eigenvalue weighted by Gasteiger charge is 2.18. The van der Waals surface area contributed by atoms with E-state index in [2.05, 4.69) is 26.2 Å². The Hall–Kier alpha value is -1.10. The van der Waals surface area contributed by atoms with Crippen LogP contribution in [0.25, 0.3) is 0 Å². The fourth-order valence-electron chi connectivity index (χ4n) is 1.47. The summed E-state index contributed by atoms with van der Waals surface area (Å²) < 4.78 is 0.822. The van der Waals surface area contributed by atoms with Crippen LogP contribution in [0.3, 0.4) is 0 Å². The quantitative estimate of drug-likeness (QED) is 0.847. The van der Waals surface area contributed by atoms with E-state index >= 15 is 0 Å². The Morgan fingerprint density at radius 3 is 2.94 bits per heavy atom. The molecule has 0 radical (unpaired) electrons. The van der Waals surface area contributed by atoms with Gasteiger partial charge in [0.15, 0.2) is 0 Å². The Kier molecular flexibility index (Phi) is 5.41. The molecule has 0 spiro atoms. The molecule has 0 saturated heterocycles. The zero-order chi connectivity index (χ0) is 12.8. The minimum atomic E-state index is -0.839. The number of carboxylic acid groups (broad SMARTS) is 1. The van der Waals surface area contributed by atoms with Crippen molar-refractivity contribution in [2.75, 3.05) is 5.32 Å². The number of aromatic nitrogens is 1. The van der Waals surface area contributed by atoms with Crippen molar-refractivity contribution in [1.29, 1.82) is 0 Å². The highest BCUT2D eigenvalue weighted by Crippen LogP contribution is 2.24. The van der Waals surface area contributed by atoms with E-state index in [1.807, 2.05) is 19.9 Å². The lowest BCUT2D eigenvalue weighted by molar-refractivity contribution is -0.138. The number of aryl methyl sites for hydroxylation is 1. The molecule has 0 bridgehead atoms. The van der Waals surface area contributed by atoms with Gasteiger partial charge in [-0.05, 0) is 40.9 Å². The lowest BCUT2D eigenvalue weighted by Gasteiger charge is -2.16. The first-order valence-corrected chi connectivity index (χ1v) is 6.46. The topological polar surface area (TPSA) is 62.2 Å². The number of pyridine rings is 1. The molecule has 0 amide bonds. The van der Waals surface area contributed by atoms with Gasteiger partial charge < -0.3 is 10.4 Å². The molecule has 1 unspecified atom stereocenters. The van der Waals surface area contributed by atoms with Gasteiger partial charge in [0, 0.05) is 6.20 Å². The SMILES string of the molecule is CCCCC(Nc1nccc(C)c1Br)C(=O)O. The summed E-state index contributed by atoms with van der Waals surface area (Å²) in [6.45, 7) is 3.98. The second-order valence-electron chi connectivity index (χ2n) is 3.97. The predicted molar refractivity (Wildman–Crippen MR) is 71.2 cm³/mol. The molecule has 17 heavy (non-hydrogen) atoms. The molecule has 0 aromatic carbocycles. The second kappa shape index (κ2) is 6.59. The van der Waals surface area contributed by atoms with E-state index < -0.39 is 12.0 Å². The fourth-order valence-corrected chi connectivity index (χ4v) is 1.82. The van der Waals surface area contributed by atoms with E-state index in [0.29, 0.717) is 12.2 Å². The summed E-state index contributed by atoms with van der Waals surface area (Å²) in [5.41, 5.74) is 1.03. The van der Waals surface area contributed by atoms with Crippen molar-refractivity contribution < 1.29 is 9.90 Å². The largest absolute Gasteiger partial charge is 0.480 e. The highest BCUT2D eigenvalue weighted by atomic mass is 79.9. The van der Waals surface area contributed by atoms with Crippen LogP contribution in [0, 0.1) is 6.92 Å². The van der Waals surface area contributed by atoms with Crippen molar-refractivity contribution in [1.82, 2.24) is 4.98 Å². The summed E-state index contributed by atoms with van der Waals surface area (Å²) in [4.78, 5) is 15.2. The summed E-state index contributed by atoms with van der Waals surface area (Å²) in [5, 5.41) is 12.1. The fraction of sp³-hybridized carbons (Fsp3) is 0.500. The Morgan fingerprint density at radius 1 is 1.65 bits per heavy atom. The van der Waals surface area contributed by atoms with E-state index in [-0.39, 0.29) is 0 Å². The van der Waals surface area contributed by atoms with Crippen LogP contribution in [-0.4, -0.2) is 22.1 Å². The summed E-state index contributed by atoms with van der Waals surface area (Å²) >= 11 is 3.41. The molecule has 1 atom stereocenters. The maximum atomic E-state index is 11.1. The Morgan fingerprint density at radius 2 is 2.35 bits per heavy atom. The van der Waals surface area contributed by atoms with E-state index in [1.165, 1.54) is 0 Å². The highest BCUT2D eigenvalue weighted by molar-refractivity contribution is 9.10. The van der Waals surface area contributed by atoms with Crippen molar-refractivity contribution in [3.05, 3.63) is 22.3 Å². The number of unbranched alkanes of at least 4 members (excludes halogenated alkanes) is 1. The van der Waals surface area contributed by atoms with Gasteiger partial charge in [0.1, 0.15) is 11.9 Å². The summed E-state index contributed by atoms with van der Waals surface area (Å²) in [7, 11) is 0. The molecule has 0 saturated carbocycles. The molecule has 1 aromatic rings. The lowest BCUT2D eigenvalue weighted by Crippen LogP contribution is -2.29. The smallest absolute Gasteiger partial charge is 0.326 e. The molecule has 0 aliphatic heterocycles. The average molecular weight is 301 g/mol. The van der Waals surface area contributed by atoms with Gasteiger partial charge in [-0.3, -0.25) is 0 Å². The molecule has 94 valence electrons. The lowest BCUT2D eigenvalue weighted by atomic mass is 10.1. The van der Waals surface area contributed by atoms with Crippen molar-refractivity contribution in [3.63, 3.8) is 0 Å². The first kappa shape index (κ1) is 14.0. The van der Waals surface area contributed by atoms with Gasteiger partial charge in [-0.15, -0.1) is 0 Å². The van der Waals surface area contributed by atoms with Crippen molar-refractivity contribution in [2.24, 2.45) is 0 Å². The third-order valence-corrected chi connectivity index (χ3v) is 3.54. The Bertz CT molecular complexity index is 396. The molecule has 1 rings (SSSR count). The van der Waals surface area contributed by atoms with Gasteiger partial charge in [0.2, 0.25) is 0 Å². The van der Waals surface area contributed by atoms with Gasteiger partial charge >= 0.3 is 5.97 Å². The average Bonchev–Trinajstić information content (AvgIpc) is 2.29. The number of nitrogens with one attached hydrogen (secondary N) is 1. The minimum Gasteiger partial charge on any atom is -0.480 e. The second-order valence-corrected chi connectivity index (χ2v) is 4.76. The van der Waals surface area contributed by atoms with Gasteiger partial charge in [0.25, 0.3) is 0 Å². The third kappa shape index (κ3) is 4.00. The number of nitrogens with zero attached hydrogens (tertiary/aromatic N) is 1. The zero-order valence-electron chi connectivity index (χ0n) is 10.0. The summed E-state index contributed by atoms with van der Waals surface area (Å²) in [6.07, 6.45) is 4.14. The van der Waals surface area contributed by atoms with Crippen LogP contribution in [0.1, 0.15) is 31.7 Å². The van der Waals surface area contributed by atoms with Gasteiger partial charge in [-0.1, -0.05) is 19.8 Å². The van der Waals surface area contributed by atoms with E-state index in [0.717, 1.165) is 22.9 Å². The normalized spacial score (nSPS) is 12.2. The number of hydrogen-bond donors (Lipinski definition) is 2. The molecule has 0 fully saturated rings. The summed E-state index contributed by atoms with van der Waals surface area (Å²) in [5.74, 6) is -0.248. The summed E-state index contributed by atoms with van der Waals surface area (Å²) in [6, 6.07) is 1.29. The molecule has 4 nitrogen and oxygen atoms in total. The van der Waals surface area contributed by atoms with Crippen LogP contribution in [0.15, 0.2) is 16.7 Å². The number of carboxylic acids is 1. The number of hydrogen-bond acceptors (Lipinski definition) is 3. The van der Waals surface area contributed by atoms with Gasteiger partial charge in [-0.25, -0.2) is 9.78 Å². The maximum absolute atomic E-state index is 11.1. The van der Waals surface area contributed by atoms with E-state index in [1.54, 1.807) is 6.20 Å². The third-order valence-electron chi connectivity index (χ3n) is 2.54.